The topological polar surface area (TPSA) is 58.6 Å². The third-order valence-electron chi connectivity index (χ3n) is 5.10. The van der Waals surface area contributed by atoms with E-state index in [1.54, 1.807) is 18.7 Å². The Morgan fingerprint density at radius 3 is 2.67 bits per heavy atom. The van der Waals surface area contributed by atoms with Crippen LogP contribution in [0.2, 0.25) is 0 Å². The van der Waals surface area contributed by atoms with E-state index in [4.69, 9.17) is 4.74 Å². The number of ether oxygens (including phenoxy) is 1. The summed E-state index contributed by atoms with van der Waals surface area (Å²) in [5.74, 6) is 1.75. The van der Waals surface area contributed by atoms with Crippen LogP contribution in [0.3, 0.4) is 0 Å². The van der Waals surface area contributed by atoms with Crippen molar-refractivity contribution in [3.63, 3.8) is 0 Å². The first kappa shape index (κ1) is 17.3. The summed E-state index contributed by atoms with van der Waals surface area (Å²) in [5.41, 5.74) is 3.64. The quantitative estimate of drug-likeness (QED) is 0.822. The number of amides is 1. The number of carbonyl (C=O) groups is 1. The van der Waals surface area contributed by atoms with Gasteiger partial charge in [0, 0.05) is 48.6 Å². The lowest BCUT2D eigenvalue weighted by Gasteiger charge is -2.36. The molecule has 0 spiro atoms. The molecule has 1 fully saturated rings. The second-order valence-electron chi connectivity index (χ2n) is 6.75. The Balaban J connectivity index is 1.48. The lowest BCUT2D eigenvalue weighted by molar-refractivity contribution is -0.127. The molecule has 0 atom stereocenters. The molecule has 1 aromatic carbocycles. The Morgan fingerprint density at radius 2 is 1.85 bits per heavy atom. The fourth-order valence-corrected chi connectivity index (χ4v) is 3.38. The average molecular weight is 362 g/mol. The Morgan fingerprint density at radius 1 is 1.07 bits per heavy atom. The number of aryl methyl sites for hydroxylation is 1. The highest BCUT2D eigenvalue weighted by molar-refractivity contribution is 6.01. The number of piperazine rings is 1. The van der Waals surface area contributed by atoms with Gasteiger partial charge in [0.1, 0.15) is 17.9 Å². The van der Waals surface area contributed by atoms with Crippen molar-refractivity contribution in [2.75, 3.05) is 31.1 Å². The second kappa shape index (κ2) is 7.23. The van der Waals surface area contributed by atoms with Crippen LogP contribution >= 0.6 is 0 Å². The van der Waals surface area contributed by atoms with Gasteiger partial charge in [-0.25, -0.2) is 9.97 Å². The molecule has 1 saturated heterocycles. The van der Waals surface area contributed by atoms with Gasteiger partial charge in [0.25, 0.3) is 5.91 Å². The van der Waals surface area contributed by atoms with Gasteiger partial charge in [-0.2, -0.15) is 0 Å². The Labute approximate surface area is 158 Å². The van der Waals surface area contributed by atoms with Crippen LogP contribution in [0.4, 0.5) is 5.82 Å². The zero-order valence-corrected chi connectivity index (χ0v) is 15.6. The molecule has 4 rings (SSSR count). The number of para-hydroxylation sites is 1. The number of anilines is 1. The molecule has 0 radical (unpaired) electrons. The van der Waals surface area contributed by atoms with E-state index in [0.717, 1.165) is 41.5 Å². The molecule has 2 aliphatic heterocycles. The standard InChI is InChI=1S/C21H22N4O2/c1-15-16(2)22-14-23-20(15)24-8-10-25(11-9-24)21(26)18-7-12-27-19-6-4-3-5-17(19)13-18/h3-7,12-14H,8-11H2,1-2H3. The molecule has 6 nitrogen and oxygen atoms in total. The third kappa shape index (κ3) is 3.43. The highest BCUT2D eigenvalue weighted by Gasteiger charge is 2.25. The van der Waals surface area contributed by atoms with Gasteiger partial charge in [-0.15, -0.1) is 0 Å². The van der Waals surface area contributed by atoms with Crippen LogP contribution in [-0.2, 0) is 4.79 Å². The van der Waals surface area contributed by atoms with Crippen molar-refractivity contribution in [2.45, 2.75) is 13.8 Å². The first-order valence-electron chi connectivity index (χ1n) is 9.10. The van der Waals surface area contributed by atoms with Crippen molar-refractivity contribution in [1.29, 1.82) is 0 Å². The third-order valence-corrected chi connectivity index (χ3v) is 5.10. The minimum atomic E-state index is 0.0294. The number of carbonyl (C=O) groups excluding carboxylic acids is 1. The number of hydrogen-bond acceptors (Lipinski definition) is 5. The summed E-state index contributed by atoms with van der Waals surface area (Å²) in [6.07, 6.45) is 6.82. The van der Waals surface area contributed by atoms with E-state index in [0.29, 0.717) is 18.7 Å². The summed E-state index contributed by atoms with van der Waals surface area (Å²) in [5, 5.41) is 0. The van der Waals surface area contributed by atoms with Crippen LogP contribution in [0.1, 0.15) is 16.8 Å². The molecule has 27 heavy (non-hydrogen) atoms. The van der Waals surface area contributed by atoms with E-state index in [-0.39, 0.29) is 5.91 Å². The number of fused-ring (bicyclic) bond motifs is 1. The van der Waals surface area contributed by atoms with Crippen LogP contribution < -0.4 is 9.64 Å². The SMILES string of the molecule is Cc1ncnc(N2CCN(C(=O)C3=Cc4ccccc4OC=C3)CC2)c1C. The van der Waals surface area contributed by atoms with Crippen LogP contribution in [0.25, 0.3) is 6.08 Å². The summed E-state index contributed by atoms with van der Waals surface area (Å²) in [6, 6.07) is 7.71. The van der Waals surface area contributed by atoms with E-state index < -0.39 is 0 Å². The predicted molar refractivity (Wildman–Crippen MR) is 104 cm³/mol. The molecule has 1 aromatic heterocycles. The molecule has 6 heteroatoms. The van der Waals surface area contributed by atoms with E-state index in [1.807, 2.05) is 49.1 Å². The summed E-state index contributed by atoms with van der Waals surface area (Å²) in [6.45, 7) is 6.87. The van der Waals surface area contributed by atoms with Crippen molar-refractivity contribution in [2.24, 2.45) is 0 Å². The number of aromatic nitrogens is 2. The lowest BCUT2D eigenvalue weighted by atomic mass is 10.1. The van der Waals surface area contributed by atoms with Gasteiger partial charge in [0.05, 0.1) is 6.26 Å². The lowest BCUT2D eigenvalue weighted by Crippen LogP contribution is -2.49. The first-order valence-corrected chi connectivity index (χ1v) is 9.10. The monoisotopic (exact) mass is 362 g/mol. The Bertz CT molecular complexity index is 928. The molecule has 0 bridgehead atoms. The van der Waals surface area contributed by atoms with E-state index in [9.17, 15) is 4.79 Å². The predicted octanol–water partition coefficient (Wildman–Crippen LogP) is 2.73. The Hall–Kier alpha value is -3.15. The van der Waals surface area contributed by atoms with Gasteiger partial charge in [0.15, 0.2) is 0 Å². The van der Waals surface area contributed by atoms with Crippen LogP contribution in [-0.4, -0.2) is 47.0 Å². The maximum atomic E-state index is 13.0. The van der Waals surface area contributed by atoms with Crippen molar-refractivity contribution < 1.29 is 9.53 Å². The normalized spacial score (nSPS) is 16.3. The van der Waals surface area contributed by atoms with Gasteiger partial charge >= 0.3 is 0 Å². The van der Waals surface area contributed by atoms with Crippen molar-refractivity contribution >= 4 is 17.8 Å². The van der Waals surface area contributed by atoms with Gasteiger partial charge < -0.3 is 14.5 Å². The number of nitrogens with zero attached hydrogens (tertiary/aromatic N) is 4. The van der Waals surface area contributed by atoms with Crippen molar-refractivity contribution in [3.8, 4) is 5.75 Å². The average Bonchev–Trinajstić information content (AvgIpc) is 2.92. The molecular formula is C21H22N4O2. The second-order valence-corrected chi connectivity index (χ2v) is 6.75. The summed E-state index contributed by atoms with van der Waals surface area (Å²) in [7, 11) is 0. The Kier molecular flexibility index (Phi) is 4.62. The fraction of sp³-hybridized carbons (Fsp3) is 0.286. The van der Waals surface area contributed by atoms with Gasteiger partial charge in [0.2, 0.25) is 0 Å². The highest BCUT2D eigenvalue weighted by atomic mass is 16.5. The van der Waals surface area contributed by atoms with E-state index >= 15 is 0 Å². The van der Waals surface area contributed by atoms with Crippen LogP contribution in [0, 0.1) is 13.8 Å². The highest BCUT2D eigenvalue weighted by Crippen LogP contribution is 2.26. The first-order chi connectivity index (χ1) is 13.1. The molecule has 0 unspecified atom stereocenters. The summed E-state index contributed by atoms with van der Waals surface area (Å²) in [4.78, 5) is 25.8. The van der Waals surface area contributed by atoms with E-state index in [1.165, 1.54) is 0 Å². The summed E-state index contributed by atoms with van der Waals surface area (Å²) >= 11 is 0. The minimum absolute atomic E-state index is 0.0294. The number of hydrogen-bond donors (Lipinski definition) is 0. The molecule has 0 saturated carbocycles. The maximum Gasteiger partial charge on any atom is 0.254 e. The number of benzene rings is 1. The summed E-state index contributed by atoms with van der Waals surface area (Å²) < 4.78 is 5.59. The molecule has 2 aromatic rings. The molecule has 0 N–H and O–H groups in total. The van der Waals surface area contributed by atoms with Crippen molar-refractivity contribution in [1.82, 2.24) is 14.9 Å². The maximum absolute atomic E-state index is 13.0. The molecule has 1 amide bonds. The van der Waals surface area contributed by atoms with E-state index in [2.05, 4.69) is 14.9 Å². The molecule has 0 aliphatic carbocycles. The zero-order chi connectivity index (χ0) is 18.8. The zero-order valence-electron chi connectivity index (χ0n) is 15.6. The van der Waals surface area contributed by atoms with Crippen LogP contribution in [0.5, 0.6) is 5.75 Å². The smallest absolute Gasteiger partial charge is 0.254 e. The number of rotatable bonds is 2. The fourth-order valence-electron chi connectivity index (χ4n) is 3.38. The molecule has 2 aliphatic rings. The molecule has 3 heterocycles. The van der Waals surface area contributed by atoms with Gasteiger partial charge in [-0.05, 0) is 32.1 Å². The largest absolute Gasteiger partial charge is 0.464 e. The van der Waals surface area contributed by atoms with Gasteiger partial charge in [-0.1, -0.05) is 18.2 Å². The van der Waals surface area contributed by atoms with Crippen molar-refractivity contribution in [3.05, 3.63) is 65.3 Å². The van der Waals surface area contributed by atoms with Crippen LogP contribution in [0.15, 0.2) is 48.5 Å². The molecule has 138 valence electrons. The van der Waals surface area contributed by atoms with Gasteiger partial charge in [-0.3, -0.25) is 4.79 Å². The molecular weight excluding hydrogens is 340 g/mol. The minimum Gasteiger partial charge on any atom is -0.464 e.